The number of hydrogen-bond donors (Lipinski definition) is 0. The lowest BCUT2D eigenvalue weighted by Crippen LogP contribution is -2.36. The predicted molar refractivity (Wildman–Crippen MR) is 91.0 cm³/mol. The summed E-state index contributed by atoms with van der Waals surface area (Å²) in [5, 5.41) is 0. The highest BCUT2D eigenvalue weighted by Crippen LogP contribution is 2.45. The van der Waals surface area contributed by atoms with E-state index in [1.54, 1.807) is 0 Å². The number of hydrogen-bond acceptors (Lipinski definition) is 2. The molecule has 3 rings (SSSR count). The monoisotopic (exact) mass is 306 g/mol. The Morgan fingerprint density at radius 3 is 2.41 bits per heavy atom. The van der Waals surface area contributed by atoms with Crippen molar-refractivity contribution in [1.29, 1.82) is 0 Å². The van der Waals surface area contributed by atoms with Gasteiger partial charge in [-0.3, -0.25) is 0 Å². The highest BCUT2D eigenvalue weighted by atomic mass is 16.5. The predicted octanol–water partition coefficient (Wildman–Crippen LogP) is 5.27. The molecule has 0 atom stereocenters. The Bertz CT molecular complexity index is 390. The van der Waals surface area contributed by atoms with E-state index in [9.17, 15) is 0 Å². The minimum absolute atomic E-state index is 0.0486. The minimum Gasteiger partial charge on any atom is -0.374 e. The first-order valence-corrected chi connectivity index (χ1v) is 9.43. The summed E-state index contributed by atoms with van der Waals surface area (Å²) < 4.78 is 12.4. The van der Waals surface area contributed by atoms with Gasteiger partial charge in [0.25, 0.3) is 0 Å². The molecule has 2 saturated carbocycles. The van der Waals surface area contributed by atoms with Crippen molar-refractivity contribution >= 4 is 0 Å². The fourth-order valence-electron chi connectivity index (χ4n) is 4.49. The molecule has 1 aliphatic heterocycles. The zero-order valence-corrected chi connectivity index (χ0v) is 14.8. The fourth-order valence-corrected chi connectivity index (χ4v) is 4.49. The van der Waals surface area contributed by atoms with Crippen molar-refractivity contribution in [3.63, 3.8) is 0 Å². The summed E-state index contributed by atoms with van der Waals surface area (Å²) in [5.74, 6) is 0.845. The van der Waals surface area contributed by atoms with Crippen LogP contribution in [0.25, 0.3) is 0 Å². The standard InChI is InChI=1S/C20H34O2/c1-19(2,3)17-9-11-20(12-10-17)13-16(15-22-20)14-21-18-7-5-4-6-8-18/h13,17-18H,4-12,14-15H2,1-3H3. The maximum Gasteiger partial charge on any atom is 0.0871 e. The quantitative estimate of drug-likeness (QED) is 0.661. The van der Waals surface area contributed by atoms with E-state index in [0.717, 1.165) is 19.1 Å². The van der Waals surface area contributed by atoms with Gasteiger partial charge in [0.1, 0.15) is 0 Å². The van der Waals surface area contributed by atoms with Crippen LogP contribution in [0.2, 0.25) is 0 Å². The average Bonchev–Trinajstić information content (AvgIpc) is 2.89. The van der Waals surface area contributed by atoms with Crippen LogP contribution >= 0.6 is 0 Å². The lowest BCUT2D eigenvalue weighted by atomic mass is 9.68. The van der Waals surface area contributed by atoms with Gasteiger partial charge in [-0.25, -0.2) is 0 Å². The normalized spacial score (nSPS) is 34.1. The Labute approximate surface area is 136 Å². The van der Waals surface area contributed by atoms with Crippen molar-refractivity contribution in [3.05, 3.63) is 11.6 Å². The van der Waals surface area contributed by atoms with E-state index in [4.69, 9.17) is 9.47 Å². The summed E-state index contributed by atoms with van der Waals surface area (Å²) in [4.78, 5) is 0. The molecule has 2 nitrogen and oxygen atoms in total. The Hall–Kier alpha value is -0.340. The van der Waals surface area contributed by atoms with Crippen LogP contribution in [0.1, 0.15) is 78.6 Å². The highest BCUT2D eigenvalue weighted by Gasteiger charge is 2.40. The topological polar surface area (TPSA) is 18.5 Å². The summed E-state index contributed by atoms with van der Waals surface area (Å²) in [6.07, 6.45) is 14.5. The van der Waals surface area contributed by atoms with Crippen molar-refractivity contribution in [2.24, 2.45) is 11.3 Å². The van der Waals surface area contributed by atoms with Crippen LogP contribution < -0.4 is 0 Å². The molecule has 0 radical (unpaired) electrons. The van der Waals surface area contributed by atoms with E-state index in [1.807, 2.05) is 0 Å². The highest BCUT2D eigenvalue weighted by molar-refractivity contribution is 5.19. The van der Waals surface area contributed by atoms with Crippen molar-refractivity contribution in [1.82, 2.24) is 0 Å². The average molecular weight is 306 g/mol. The summed E-state index contributed by atoms with van der Waals surface area (Å²) in [5.41, 5.74) is 1.88. The molecule has 1 spiro atoms. The smallest absolute Gasteiger partial charge is 0.0871 e. The van der Waals surface area contributed by atoms with Gasteiger partial charge in [0.15, 0.2) is 0 Å². The molecule has 1 heterocycles. The molecular formula is C20H34O2. The molecule has 0 amide bonds. The number of ether oxygens (including phenoxy) is 2. The second-order valence-electron chi connectivity index (χ2n) is 8.87. The minimum atomic E-state index is 0.0486. The Kier molecular flexibility index (Phi) is 4.99. The molecule has 0 aromatic carbocycles. The van der Waals surface area contributed by atoms with Gasteiger partial charge in [-0.1, -0.05) is 40.0 Å². The van der Waals surface area contributed by atoms with Crippen molar-refractivity contribution in [2.45, 2.75) is 90.3 Å². The van der Waals surface area contributed by atoms with Crippen LogP contribution in [0, 0.1) is 11.3 Å². The molecule has 2 heteroatoms. The van der Waals surface area contributed by atoms with E-state index in [0.29, 0.717) is 11.5 Å². The van der Waals surface area contributed by atoms with Crippen molar-refractivity contribution in [3.8, 4) is 0 Å². The summed E-state index contributed by atoms with van der Waals surface area (Å²) >= 11 is 0. The van der Waals surface area contributed by atoms with E-state index in [2.05, 4.69) is 26.8 Å². The largest absolute Gasteiger partial charge is 0.374 e. The second kappa shape index (κ2) is 6.65. The van der Waals surface area contributed by atoms with Crippen molar-refractivity contribution < 1.29 is 9.47 Å². The van der Waals surface area contributed by atoms with Gasteiger partial charge in [0.2, 0.25) is 0 Å². The molecule has 0 N–H and O–H groups in total. The molecule has 0 saturated heterocycles. The van der Waals surface area contributed by atoms with Crippen LogP contribution in [0.15, 0.2) is 11.6 Å². The molecule has 0 unspecified atom stereocenters. The Morgan fingerprint density at radius 1 is 1.09 bits per heavy atom. The Balaban J connectivity index is 1.49. The van der Waals surface area contributed by atoms with Crippen LogP contribution in [-0.2, 0) is 9.47 Å². The third-order valence-corrected chi connectivity index (χ3v) is 6.13. The van der Waals surface area contributed by atoms with E-state index in [-0.39, 0.29) is 5.60 Å². The third-order valence-electron chi connectivity index (χ3n) is 6.13. The van der Waals surface area contributed by atoms with Gasteiger partial charge in [-0.15, -0.1) is 0 Å². The first kappa shape index (κ1) is 16.5. The van der Waals surface area contributed by atoms with E-state index in [1.165, 1.54) is 63.4 Å². The van der Waals surface area contributed by atoms with Gasteiger partial charge < -0.3 is 9.47 Å². The van der Waals surface area contributed by atoms with Crippen LogP contribution in [0.5, 0.6) is 0 Å². The van der Waals surface area contributed by atoms with Crippen LogP contribution in [0.4, 0.5) is 0 Å². The van der Waals surface area contributed by atoms with Crippen LogP contribution in [-0.4, -0.2) is 24.9 Å². The van der Waals surface area contributed by atoms with E-state index >= 15 is 0 Å². The third kappa shape index (κ3) is 3.94. The lowest BCUT2D eigenvalue weighted by molar-refractivity contribution is -0.0297. The molecule has 126 valence electrons. The van der Waals surface area contributed by atoms with Crippen molar-refractivity contribution in [2.75, 3.05) is 13.2 Å². The SMILES string of the molecule is CC(C)(C)C1CCC2(C=C(COC3CCCCC3)CO2)CC1. The molecule has 22 heavy (non-hydrogen) atoms. The first-order chi connectivity index (χ1) is 10.5. The fraction of sp³-hybridized carbons (Fsp3) is 0.900. The van der Waals surface area contributed by atoms with Gasteiger partial charge in [0, 0.05) is 0 Å². The molecule has 2 aliphatic carbocycles. The summed E-state index contributed by atoms with van der Waals surface area (Å²) in [6.45, 7) is 8.74. The first-order valence-electron chi connectivity index (χ1n) is 9.43. The van der Waals surface area contributed by atoms with Gasteiger partial charge in [0.05, 0.1) is 24.9 Å². The Morgan fingerprint density at radius 2 is 1.77 bits per heavy atom. The summed E-state index contributed by atoms with van der Waals surface area (Å²) in [6, 6.07) is 0. The van der Waals surface area contributed by atoms with Gasteiger partial charge >= 0.3 is 0 Å². The molecule has 0 aromatic rings. The van der Waals surface area contributed by atoms with E-state index < -0.39 is 0 Å². The maximum atomic E-state index is 6.22. The van der Waals surface area contributed by atoms with Gasteiger partial charge in [-0.05, 0) is 61.5 Å². The molecule has 2 fully saturated rings. The van der Waals surface area contributed by atoms with Gasteiger partial charge in [-0.2, -0.15) is 0 Å². The lowest BCUT2D eigenvalue weighted by Gasteiger charge is -2.41. The summed E-state index contributed by atoms with van der Waals surface area (Å²) in [7, 11) is 0. The molecule has 0 aromatic heterocycles. The van der Waals surface area contributed by atoms with Crippen LogP contribution in [0.3, 0.4) is 0 Å². The molecule has 3 aliphatic rings. The second-order valence-corrected chi connectivity index (χ2v) is 8.87. The molecule has 0 bridgehead atoms. The number of rotatable bonds is 3. The molecular weight excluding hydrogens is 272 g/mol. The zero-order chi connectivity index (χ0) is 15.6. The zero-order valence-electron chi connectivity index (χ0n) is 14.8. The maximum absolute atomic E-state index is 6.22.